The highest BCUT2D eigenvalue weighted by Crippen LogP contribution is 1.79. The molecule has 0 saturated carbocycles. The summed E-state index contributed by atoms with van der Waals surface area (Å²) < 4.78 is 0. The summed E-state index contributed by atoms with van der Waals surface area (Å²) in [6.45, 7) is 3.77. The van der Waals surface area contributed by atoms with Gasteiger partial charge in [-0.05, 0) is 6.92 Å². The summed E-state index contributed by atoms with van der Waals surface area (Å²) in [5.41, 5.74) is 0. The molecule has 0 saturated heterocycles. The molecular formula is C9H19N3O2. The first-order valence-corrected chi connectivity index (χ1v) is 4.88. The SMILES string of the molecule is CCNC(=O)CCNCCC(=O)NC. The molecule has 0 heterocycles. The Morgan fingerprint density at radius 3 is 2.14 bits per heavy atom. The fraction of sp³-hybridized carbons (Fsp3) is 0.778. The Hall–Kier alpha value is -1.10. The van der Waals surface area contributed by atoms with Crippen molar-refractivity contribution in [3.63, 3.8) is 0 Å². The Morgan fingerprint density at radius 2 is 1.64 bits per heavy atom. The molecule has 14 heavy (non-hydrogen) atoms. The Morgan fingerprint density at radius 1 is 1.07 bits per heavy atom. The first-order chi connectivity index (χ1) is 6.70. The maximum absolute atomic E-state index is 11.0. The van der Waals surface area contributed by atoms with Crippen LogP contribution in [-0.4, -0.2) is 38.5 Å². The minimum absolute atomic E-state index is 0.00973. The quantitative estimate of drug-likeness (QED) is 0.474. The maximum Gasteiger partial charge on any atom is 0.221 e. The van der Waals surface area contributed by atoms with Crippen LogP contribution in [0.25, 0.3) is 0 Å². The van der Waals surface area contributed by atoms with Gasteiger partial charge in [-0.3, -0.25) is 9.59 Å². The average Bonchev–Trinajstić information content (AvgIpc) is 2.17. The topological polar surface area (TPSA) is 70.2 Å². The molecule has 0 aliphatic heterocycles. The largest absolute Gasteiger partial charge is 0.359 e. The molecule has 5 nitrogen and oxygen atoms in total. The van der Waals surface area contributed by atoms with E-state index in [1.807, 2.05) is 6.92 Å². The molecule has 0 aliphatic carbocycles. The van der Waals surface area contributed by atoms with E-state index in [1.54, 1.807) is 7.05 Å². The van der Waals surface area contributed by atoms with Gasteiger partial charge in [0.1, 0.15) is 0 Å². The molecule has 5 heteroatoms. The minimum Gasteiger partial charge on any atom is -0.359 e. The first-order valence-electron chi connectivity index (χ1n) is 4.88. The number of carbonyl (C=O) groups is 2. The van der Waals surface area contributed by atoms with E-state index in [9.17, 15) is 9.59 Å². The summed E-state index contributed by atoms with van der Waals surface area (Å²) >= 11 is 0. The Bertz CT molecular complexity index is 183. The molecule has 0 unspecified atom stereocenters. The van der Waals surface area contributed by atoms with Crippen molar-refractivity contribution in [2.45, 2.75) is 19.8 Å². The molecule has 0 aliphatic rings. The van der Waals surface area contributed by atoms with Gasteiger partial charge in [-0.2, -0.15) is 0 Å². The molecule has 0 radical (unpaired) electrons. The van der Waals surface area contributed by atoms with Crippen molar-refractivity contribution in [2.24, 2.45) is 0 Å². The third-order valence-electron chi connectivity index (χ3n) is 1.71. The van der Waals surface area contributed by atoms with Gasteiger partial charge in [0.2, 0.25) is 11.8 Å². The van der Waals surface area contributed by atoms with E-state index in [2.05, 4.69) is 16.0 Å². The molecular weight excluding hydrogens is 182 g/mol. The van der Waals surface area contributed by atoms with Gasteiger partial charge in [0.15, 0.2) is 0 Å². The lowest BCUT2D eigenvalue weighted by Crippen LogP contribution is -2.29. The van der Waals surface area contributed by atoms with Gasteiger partial charge in [0, 0.05) is 39.5 Å². The van der Waals surface area contributed by atoms with E-state index >= 15 is 0 Å². The second kappa shape index (κ2) is 8.50. The summed E-state index contributed by atoms with van der Waals surface area (Å²) in [5, 5.41) is 8.24. The van der Waals surface area contributed by atoms with E-state index in [0.717, 1.165) is 0 Å². The van der Waals surface area contributed by atoms with Crippen LogP contribution in [0.1, 0.15) is 19.8 Å². The van der Waals surface area contributed by atoms with E-state index in [-0.39, 0.29) is 11.8 Å². The third kappa shape index (κ3) is 7.54. The van der Waals surface area contributed by atoms with Crippen molar-refractivity contribution < 1.29 is 9.59 Å². The highest BCUT2D eigenvalue weighted by molar-refractivity contribution is 5.76. The second-order valence-electron chi connectivity index (χ2n) is 2.88. The number of nitrogens with one attached hydrogen (secondary N) is 3. The van der Waals surface area contributed by atoms with Crippen LogP contribution >= 0.6 is 0 Å². The Kier molecular flexibility index (Phi) is 7.83. The zero-order chi connectivity index (χ0) is 10.8. The lowest BCUT2D eigenvalue weighted by Gasteiger charge is -2.04. The first kappa shape index (κ1) is 12.9. The highest BCUT2D eigenvalue weighted by Gasteiger charge is 1.99. The van der Waals surface area contributed by atoms with Gasteiger partial charge in [-0.25, -0.2) is 0 Å². The molecule has 0 bridgehead atoms. The average molecular weight is 201 g/mol. The minimum atomic E-state index is 0.00973. The second-order valence-corrected chi connectivity index (χ2v) is 2.88. The van der Waals surface area contributed by atoms with Crippen molar-refractivity contribution in [3.8, 4) is 0 Å². The predicted octanol–water partition coefficient (Wildman–Crippen LogP) is -0.762. The molecule has 2 amide bonds. The number of amides is 2. The number of hydrogen-bond donors (Lipinski definition) is 3. The smallest absolute Gasteiger partial charge is 0.221 e. The van der Waals surface area contributed by atoms with Crippen molar-refractivity contribution in [1.29, 1.82) is 0 Å². The molecule has 0 aromatic rings. The van der Waals surface area contributed by atoms with Crippen LogP contribution in [0, 0.1) is 0 Å². The number of carbonyl (C=O) groups excluding carboxylic acids is 2. The zero-order valence-electron chi connectivity index (χ0n) is 8.85. The van der Waals surface area contributed by atoms with Gasteiger partial charge >= 0.3 is 0 Å². The summed E-state index contributed by atoms with van der Waals surface area (Å²) in [4.78, 5) is 21.7. The van der Waals surface area contributed by atoms with Crippen LogP contribution in [0.3, 0.4) is 0 Å². The van der Waals surface area contributed by atoms with E-state index in [4.69, 9.17) is 0 Å². The van der Waals surface area contributed by atoms with Crippen LogP contribution in [0.2, 0.25) is 0 Å². The van der Waals surface area contributed by atoms with Crippen molar-refractivity contribution in [2.75, 3.05) is 26.7 Å². The van der Waals surface area contributed by atoms with Gasteiger partial charge in [0.05, 0.1) is 0 Å². The summed E-state index contributed by atoms with van der Waals surface area (Å²) in [5.74, 6) is 0.0513. The van der Waals surface area contributed by atoms with Crippen LogP contribution in [0.4, 0.5) is 0 Å². The molecule has 3 N–H and O–H groups in total. The van der Waals surface area contributed by atoms with Crippen LogP contribution in [0.15, 0.2) is 0 Å². The summed E-state index contributed by atoms with van der Waals surface area (Å²) in [6, 6.07) is 0. The zero-order valence-corrected chi connectivity index (χ0v) is 8.85. The van der Waals surface area contributed by atoms with Crippen LogP contribution < -0.4 is 16.0 Å². The van der Waals surface area contributed by atoms with Crippen molar-refractivity contribution in [1.82, 2.24) is 16.0 Å². The van der Waals surface area contributed by atoms with Crippen LogP contribution in [0.5, 0.6) is 0 Å². The fourth-order valence-electron chi connectivity index (χ4n) is 0.939. The van der Waals surface area contributed by atoms with E-state index in [1.165, 1.54) is 0 Å². The predicted molar refractivity (Wildman–Crippen MR) is 54.9 cm³/mol. The normalized spacial score (nSPS) is 9.57. The monoisotopic (exact) mass is 201 g/mol. The fourth-order valence-corrected chi connectivity index (χ4v) is 0.939. The van der Waals surface area contributed by atoms with Crippen molar-refractivity contribution >= 4 is 11.8 Å². The lowest BCUT2D eigenvalue weighted by molar-refractivity contribution is -0.121. The molecule has 0 rings (SSSR count). The molecule has 0 fully saturated rings. The summed E-state index contributed by atoms with van der Waals surface area (Å²) in [6.07, 6.45) is 0.910. The molecule has 0 atom stereocenters. The summed E-state index contributed by atoms with van der Waals surface area (Å²) in [7, 11) is 1.61. The third-order valence-corrected chi connectivity index (χ3v) is 1.71. The van der Waals surface area contributed by atoms with Crippen LogP contribution in [-0.2, 0) is 9.59 Å². The Labute approximate surface area is 84.6 Å². The molecule has 0 aromatic heterocycles. The standard InChI is InChI=1S/C9H19N3O2/c1-3-12-9(14)5-7-11-6-4-8(13)10-2/h11H,3-7H2,1-2H3,(H,10,13)(H,12,14). The van der Waals surface area contributed by atoms with Gasteiger partial charge in [-0.15, -0.1) is 0 Å². The Balaban J connectivity index is 3.21. The van der Waals surface area contributed by atoms with Gasteiger partial charge < -0.3 is 16.0 Å². The molecule has 82 valence electrons. The molecule has 0 aromatic carbocycles. The van der Waals surface area contributed by atoms with Gasteiger partial charge in [-0.1, -0.05) is 0 Å². The van der Waals surface area contributed by atoms with Gasteiger partial charge in [0.25, 0.3) is 0 Å². The lowest BCUT2D eigenvalue weighted by atomic mass is 10.3. The van der Waals surface area contributed by atoms with E-state index in [0.29, 0.717) is 32.5 Å². The van der Waals surface area contributed by atoms with Crippen molar-refractivity contribution in [3.05, 3.63) is 0 Å². The molecule has 0 spiro atoms. The maximum atomic E-state index is 11.0. The highest BCUT2D eigenvalue weighted by atomic mass is 16.2. The van der Waals surface area contributed by atoms with E-state index < -0.39 is 0 Å². The number of hydrogen-bond acceptors (Lipinski definition) is 3. The number of rotatable bonds is 7.